The minimum atomic E-state index is -4.22. The van der Waals surface area contributed by atoms with Crippen LogP contribution in [0.2, 0.25) is 0 Å². The fourth-order valence-electron chi connectivity index (χ4n) is 2.60. The number of nitrogens with zero attached hydrogens (tertiary/aromatic N) is 4. The van der Waals surface area contributed by atoms with Crippen LogP contribution in [0.3, 0.4) is 0 Å². The van der Waals surface area contributed by atoms with Crippen molar-refractivity contribution in [2.24, 2.45) is 0 Å². The summed E-state index contributed by atoms with van der Waals surface area (Å²) in [7, 11) is -2.82. The molecule has 0 bridgehead atoms. The monoisotopic (exact) mass is 449 g/mol. The first-order valence-corrected chi connectivity index (χ1v) is 10.7. The first kappa shape index (κ1) is 24.4. The van der Waals surface area contributed by atoms with Crippen LogP contribution in [0.5, 0.6) is 5.88 Å². The van der Waals surface area contributed by atoms with Crippen LogP contribution in [0.4, 0.5) is 5.95 Å². The average molecular weight is 449 g/mol. The van der Waals surface area contributed by atoms with E-state index in [1.165, 1.54) is 18.0 Å². The summed E-state index contributed by atoms with van der Waals surface area (Å²) in [6, 6.07) is 0. The van der Waals surface area contributed by atoms with Gasteiger partial charge in [0, 0.05) is 0 Å². The summed E-state index contributed by atoms with van der Waals surface area (Å²) >= 11 is 0. The Hall–Kier alpha value is -1.86. The van der Waals surface area contributed by atoms with Crippen LogP contribution in [0.1, 0.15) is 33.4 Å². The molecule has 0 amide bonds. The quantitative estimate of drug-likeness (QED) is 0.288. The van der Waals surface area contributed by atoms with Crippen LogP contribution >= 0.6 is 7.60 Å². The number of ether oxygens (including phenoxy) is 2. The molecule has 2 aromatic rings. The Morgan fingerprint density at radius 1 is 1.33 bits per heavy atom. The number of methoxy groups -OCH3 is 1. The first-order chi connectivity index (χ1) is 13.9. The highest BCUT2D eigenvalue weighted by Gasteiger charge is 2.35. The van der Waals surface area contributed by atoms with Crippen molar-refractivity contribution >= 4 is 24.7 Å². The molecule has 2 heterocycles. The lowest BCUT2D eigenvalue weighted by atomic mass is 10.1. The molecule has 170 valence electrons. The number of aromatic nitrogens is 4. The molecule has 0 saturated carbocycles. The number of fused-ring (bicyclic) bond motifs is 1. The normalized spacial score (nSPS) is 17.5. The minimum absolute atomic E-state index is 0.0358. The van der Waals surface area contributed by atoms with E-state index in [-0.39, 0.29) is 36.0 Å². The van der Waals surface area contributed by atoms with Crippen LogP contribution in [0.25, 0.3) is 11.2 Å². The fourth-order valence-corrected chi connectivity index (χ4v) is 3.56. The topological polar surface area (TPSA) is 195 Å². The predicted molar refractivity (Wildman–Crippen MR) is 106 cm³/mol. The molecule has 14 heteroatoms. The molecule has 6 N–H and O–H groups in total. The van der Waals surface area contributed by atoms with E-state index in [1.54, 1.807) is 13.8 Å². The van der Waals surface area contributed by atoms with E-state index in [4.69, 9.17) is 19.7 Å². The standard InChI is InChI=1S/C16H28N5O8P/c1-9(23)30(25,26)29-16(2,3)5-6-28-14(10(24)7-22)21-8-18-11-12(21)19-15(17)20-13(11)27-4/h8-10,14,22-24H,5-7H2,1-4H3,(H,25,26)(H2,17,19,20)/t9?,10-,14-/m1/s1. The number of nitrogen functional groups attached to an aromatic ring is 1. The highest BCUT2D eigenvalue weighted by molar-refractivity contribution is 7.53. The number of anilines is 1. The zero-order chi connectivity index (χ0) is 22.7. The molecule has 0 fully saturated rings. The van der Waals surface area contributed by atoms with Gasteiger partial charge in [-0.1, -0.05) is 0 Å². The molecule has 0 saturated heterocycles. The molecular weight excluding hydrogens is 421 g/mol. The summed E-state index contributed by atoms with van der Waals surface area (Å²) in [6.45, 7) is 3.63. The van der Waals surface area contributed by atoms with Crippen molar-refractivity contribution in [2.75, 3.05) is 26.1 Å². The molecule has 0 aliphatic carbocycles. The van der Waals surface area contributed by atoms with Gasteiger partial charge in [-0.25, -0.2) is 4.98 Å². The molecule has 0 aliphatic rings. The van der Waals surface area contributed by atoms with Crippen molar-refractivity contribution in [3.05, 3.63) is 6.33 Å². The largest absolute Gasteiger partial charge is 0.479 e. The molecule has 4 atom stereocenters. The molecule has 0 radical (unpaired) electrons. The van der Waals surface area contributed by atoms with Gasteiger partial charge >= 0.3 is 7.60 Å². The van der Waals surface area contributed by atoms with E-state index >= 15 is 0 Å². The Morgan fingerprint density at radius 2 is 2.00 bits per heavy atom. The molecule has 0 aliphatic heterocycles. The van der Waals surface area contributed by atoms with Crippen LogP contribution in [-0.2, 0) is 13.8 Å². The van der Waals surface area contributed by atoms with Gasteiger partial charge in [0.05, 0.1) is 32.3 Å². The van der Waals surface area contributed by atoms with E-state index in [1.807, 2.05) is 0 Å². The van der Waals surface area contributed by atoms with Gasteiger partial charge in [0.25, 0.3) is 0 Å². The Bertz CT molecular complexity index is 905. The molecule has 13 nitrogen and oxygen atoms in total. The number of hydrogen-bond acceptors (Lipinski definition) is 11. The van der Waals surface area contributed by atoms with Crippen LogP contribution in [-0.4, -0.2) is 77.6 Å². The highest BCUT2D eigenvalue weighted by Crippen LogP contribution is 2.50. The van der Waals surface area contributed by atoms with E-state index in [9.17, 15) is 24.8 Å². The lowest BCUT2D eigenvalue weighted by molar-refractivity contribution is -0.105. The Morgan fingerprint density at radius 3 is 2.57 bits per heavy atom. The second-order valence-corrected chi connectivity index (χ2v) is 9.28. The molecule has 2 rings (SSSR count). The number of aliphatic hydroxyl groups is 3. The fraction of sp³-hybridized carbons (Fsp3) is 0.688. The molecule has 0 aromatic carbocycles. The van der Waals surface area contributed by atoms with E-state index < -0.39 is 38.0 Å². The van der Waals surface area contributed by atoms with Gasteiger partial charge in [0.15, 0.2) is 23.2 Å². The van der Waals surface area contributed by atoms with Gasteiger partial charge in [-0.15, -0.1) is 0 Å². The third-order valence-electron chi connectivity index (χ3n) is 4.23. The van der Waals surface area contributed by atoms with Gasteiger partial charge < -0.3 is 39.9 Å². The third kappa shape index (κ3) is 5.64. The van der Waals surface area contributed by atoms with Gasteiger partial charge in [-0.05, 0) is 27.2 Å². The third-order valence-corrected chi connectivity index (χ3v) is 5.93. The minimum Gasteiger partial charge on any atom is -0.479 e. The summed E-state index contributed by atoms with van der Waals surface area (Å²) in [5, 5.41) is 29.1. The first-order valence-electron chi connectivity index (χ1n) is 9.07. The number of hydrogen-bond donors (Lipinski definition) is 5. The van der Waals surface area contributed by atoms with E-state index in [0.717, 1.165) is 6.92 Å². The maximum Gasteiger partial charge on any atom is 0.356 e. The average Bonchev–Trinajstić information content (AvgIpc) is 3.06. The summed E-state index contributed by atoms with van der Waals surface area (Å²) in [5.74, 6) is -1.48. The maximum absolute atomic E-state index is 11.9. The van der Waals surface area contributed by atoms with E-state index in [2.05, 4.69) is 15.0 Å². The van der Waals surface area contributed by atoms with Crippen molar-refractivity contribution in [1.82, 2.24) is 19.5 Å². The summed E-state index contributed by atoms with van der Waals surface area (Å²) < 4.78 is 29.3. The molecular formula is C16H28N5O8P. The van der Waals surface area contributed by atoms with Gasteiger partial charge in [-0.2, -0.15) is 9.97 Å². The smallest absolute Gasteiger partial charge is 0.356 e. The van der Waals surface area contributed by atoms with Crippen molar-refractivity contribution in [2.45, 2.75) is 51.0 Å². The highest BCUT2D eigenvalue weighted by atomic mass is 31.2. The summed E-state index contributed by atoms with van der Waals surface area (Å²) in [5.41, 5.74) is 5.08. The zero-order valence-corrected chi connectivity index (χ0v) is 18.1. The number of aliphatic hydroxyl groups excluding tert-OH is 3. The van der Waals surface area contributed by atoms with E-state index in [0.29, 0.717) is 0 Å². The summed E-state index contributed by atoms with van der Waals surface area (Å²) in [4.78, 5) is 21.9. The lowest BCUT2D eigenvalue weighted by Crippen LogP contribution is -2.32. The lowest BCUT2D eigenvalue weighted by Gasteiger charge is -2.30. The van der Waals surface area contributed by atoms with Crippen LogP contribution in [0.15, 0.2) is 6.33 Å². The van der Waals surface area contributed by atoms with Crippen molar-refractivity contribution in [3.63, 3.8) is 0 Å². The van der Waals surface area contributed by atoms with Crippen LogP contribution in [0, 0.1) is 0 Å². The predicted octanol–water partition coefficient (Wildman–Crippen LogP) is -0.00550. The van der Waals surface area contributed by atoms with Crippen molar-refractivity contribution in [1.29, 1.82) is 0 Å². The van der Waals surface area contributed by atoms with Gasteiger partial charge in [-0.3, -0.25) is 9.13 Å². The number of nitrogens with two attached hydrogens (primary N) is 1. The number of imidazole rings is 1. The molecule has 2 aromatic heterocycles. The molecule has 30 heavy (non-hydrogen) atoms. The second-order valence-electron chi connectivity index (χ2n) is 7.22. The summed E-state index contributed by atoms with van der Waals surface area (Å²) in [6.07, 6.45) is -0.976. The molecule has 2 unspecified atom stereocenters. The van der Waals surface area contributed by atoms with Gasteiger partial charge in [0.1, 0.15) is 6.10 Å². The number of rotatable bonds is 11. The van der Waals surface area contributed by atoms with Crippen molar-refractivity contribution < 1.29 is 38.8 Å². The Balaban J connectivity index is 2.21. The zero-order valence-electron chi connectivity index (χ0n) is 17.2. The van der Waals surface area contributed by atoms with Crippen LogP contribution < -0.4 is 10.5 Å². The Labute approximate surface area is 173 Å². The van der Waals surface area contributed by atoms with Crippen molar-refractivity contribution in [3.8, 4) is 5.88 Å². The Kier molecular flexibility index (Phi) is 7.74. The second kappa shape index (κ2) is 9.52. The maximum atomic E-state index is 11.9. The van der Waals surface area contributed by atoms with Gasteiger partial charge in [0.2, 0.25) is 11.8 Å². The SMILES string of the molecule is COc1nc(N)nc2c1ncn2[C@H](OCCC(C)(C)OP(=O)(O)C(C)O)[C@H](O)CO. The molecule has 0 spiro atoms.